The van der Waals surface area contributed by atoms with Crippen LogP contribution in [0.1, 0.15) is 10.6 Å². The molecule has 2 aliphatic rings. The molecular formula is C14H17N3O3S2. The van der Waals surface area contributed by atoms with Gasteiger partial charge in [0.1, 0.15) is 0 Å². The van der Waals surface area contributed by atoms with E-state index >= 15 is 0 Å². The van der Waals surface area contributed by atoms with Crippen LogP contribution in [0.2, 0.25) is 0 Å². The van der Waals surface area contributed by atoms with Crippen LogP contribution in [0, 0.1) is 18.8 Å². The standard InChI is InChI=1S/C14H17N3O3S2/c1-9-3-17-6-12(15-14(17)21-9)2-13(18)16-4-10-7-22(19,20)8-11(10)5-16/h3,6,10-11H,2,4-5,7-8H2,1H3/t10-,11+. The second-order valence-electron chi connectivity index (χ2n) is 6.34. The number of fused-ring (bicyclic) bond motifs is 2. The molecule has 2 aromatic rings. The quantitative estimate of drug-likeness (QED) is 0.809. The number of imidazole rings is 1. The van der Waals surface area contributed by atoms with E-state index in [-0.39, 0.29) is 29.2 Å². The van der Waals surface area contributed by atoms with Crippen molar-refractivity contribution in [2.75, 3.05) is 24.6 Å². The number of aromatic nitrogens is 2. The van der Waals surface area contributed by atoms with E-state index in [9.17, 15) is 13.2 Å². The molecule has 2 aliphatic heterocycles. The lowest BCUT2D eigenvalue weighted by atomic mass is 10.0. The molecule has 2 fully saturated rings. The molecule has 4 heterocycles. The van der Waals surface area contributed by atoms with Crippen LogP contribution >= 0.6 is 11.3 Å². The summed E-state index contributed by atoms with van der Waals surface area (Å²) in [6, 6.07) is 0. The van der Waals surface area contributed by atoms with Gasteiger partial charge in [0.15, 0.2) is 14.8 Å². The number of hydrogen-bond donors (Lipinski definition) is 0. The van der Waals surface area contributed by atoms with Crippen LogP contribution in [-0.2, 0) is 21.1 Å². The van der Waals surface area contributed by atoms with E-state index in [1.807, 2.05) is 28.6 Å². The highest BCUT2D eigenvalue weighted by Gasteiger charge is 2.44. The lowest BCUT2D eigenvalue weighted by Crippen LogP contribution is -2.32. The number of rotatable bonds is 2. The monoisotopic (exact) mass is 339 g/mol. The first kappa shape index (κ1) is 14.2. The number of hydrogen-bond acceptors (Lipinski definition) is 5. The summed E-state index contributed by atoms with van der Waals surface area (Å²) < 4.78 is 25.1. The van der Waals surface area contributed by atoms with Gasteiger partial charge in [-0.2, -0.15) is 0 Å². The molecule has 0 aliphatic carbocycles. The molecule has 4 rings (SSSR count). The maximum absolute atomic E-state index is 12.4. The molecule has 8 heteroatoms. The minimum absolute atomic E-state index is 0.0503. The molecule has 0 N–H and O–H groups in total. The van der Waals surface area contributed by atoms with Gasteiger partial charge in [0.25, 0.3) is 0 Å². The number of aryl methyl sites for hydroxylation is 1. The third-order valence-electron chi connectivity index (χ3n) is 4.52. The molecule has 118 valence electrons. The van der Waals surface area contributed by atoms with Gasteiger partial charge >= 0.3 is 0 Å². The molecule has 0 saturated carbocycles. The van der Waals surface area contributed by atoms with Crippen molar-refractivity contribution in [1.29, 1.82) is 0 Å². The highest BCUT2D eigenvalue weighted by atomic mass is 32.2. The number of sulfone groups is 1. The van der Waals surface area contributed by atoms with E-state index in [0.29, 0.717) is 19.5 Å². The van der Waals surface area contributed by atoms with Gasteiger partial charge in [-0.05, 0) is 18.8 Å². The number of likely N-dealkylation sites (tertiary alicyclic amines) is 1. The molecule has 2 atom stereocenters. The molecule has 0 unspecified atom stereocenters. The summed E-state index contributed by atoms with van der Waals surface area (Å²) in [5, 5.41) is 0. The van der Waals surface area contributed by atoms with Crippen LogP contribution < -0.4 is 0 Å². The summed E-state index contributed by atoms with van der Waals surface area (Å²) in [6.07, 6.45) is 4.20. The normalized spacial score (nSPS) is 26.7. The number of thiazole rings is 1. The van der Waals surface area contributed by atoms with Crippen LogP contribution in [0.5, 0.6) is 0 Å². The van der Waals surface area contributed by atoms with Crippen LogP contribution in [-0.4, -0.2) is 53.2 Å². The zero-order valence-electron chi connectivity index (χ0n) is 12.2. The van der Waals surface area contributed by atoms with Crippen molar-refractivity contribution in [3.63, 3.8) is 0 Å². The van der Waals surface area contributed by atoms with Gasteiger partial charge in [0, 0.05) is 30.4 Å². The zero-order chi connectivity index (χ0) is 15.5. The van der Waals surface area contributed by atoms with E-state index in [4.69, 9.17) is 0 Å². The van der Waals surface area contributed by atoms with Crippen molar-refractivity contribution in [2.45, 2.75) is 13.3 Å². The van der Waals surface area contributed by atoms with Crippen LogP contribution in [0.3, 0.4) is 0 Å². The Bertz CT molecular complexity index is 800. The number of nitrogens with zero attached hydrogens (tertiary/aromatic N) is 3. The lowest BCUT2D eigenvalue weighted by Gasteiger charge is -2.16. The first-order valence-corrected chi connectivity index (χ1v) is 9.95. The highest BCUT2D eigenvalue weighted by molar-refractivity contribution is 7.91. The van der Waals surface area contributed by atoms with Gasteiger partial charge in [0.2, 0.25) is 5.91 Å². The fourth-order valence-corrected chi connectivity index (χ4v) is 6.58. The summed E-state index contributed by atoms with van der Waals surface area (Å²) in [5.74, 6) is 0.778. The first-order valence-electron chi connectivity index (χ1n) is 7.32. The van der Waals surface area contributed by atoms with Crippen molar-refractivity contribution in [1.82, 2.24) is 14.3 Å². The Hall–Kier alpha value is -1.41. The van der Waals surface area contributed by atoms with Gasteiger partial charge in [-0.3, -0.25) is 9.20 Å². The maximum Gasteiger partial charge on any atom is 0.228 e. The minimum Gasteiger partial charge on any atom is -0.342 e. The third-order valence-corrected chi connectivity index (χ3v) is 7.30. The van der Waals surface area contributed by atoms with Crippen LogP contribution in [0.25, 0.3) is 4.96 Å². The average molecular weight is 339 g/mol. The summed E-state index contributed by atoms with van der Waals surface area (Å²) in [7, 11) is -2.88. The average Bonchev–Trinajstić information content (AvgIpc) is 3.06. The highest BCUT2D eigenvalue weighted by Crippen LogP contribution is 2.32. The van der Waals surface area contributed by atoms with Crippen molar-refractivity contribution < 1.29 is 13.2 Å². The van der Waals surface area contributed by atoms with Crippen molar-refractivity contribution in [3.8, 4) is 0 Å². The Labute approximate surface area is 132 Å². The summed E-state index contributed by atoms with van der Waals surface area (Å²) in [5.41, 5.74) is 0.779. The van der Waals surface area contributed by atoms with E-state index in [2.05, 4.69) is 4.98 Å². The molecule has 2 saturated heterocycles. The number of carbonyl (C=O) groups is 1. The van der Waals surface area contributed by atoms with Crippen molar-refractivity contribution >= 4 is 32.0 Å². The van der Waals surface area contributed by atoms with Gasteiger partial charge in [-0.1, -0.05) is 0 Å². The van der Waals surface area contributed by atoms with Crippen LogP contribution in [0.15, 0.2) is 12.4 Å². The molecule has 2 aromatic heterocycles. The SMILES string of the molecule is Cc1cn2cc(CC(=O)N3C[C@@H]4CS(=O)(=O)C[C@@H]4C3)nc2s1. The van der Waals surface area contributed by atoms with Gasteiger partial charge in [0.05, 0.1) is 23.6 Å². The summed E-state index contributed by atoms with van der Waals surface area (Å²) in [4.78, 5) is 20.8. The predicted molar refractivity (Wildman–Crippen MR) is 83.7 cm³/mol. The Kier molecular flexibility index (Phi) is 3.09. The second-order valence-corrected chi connectivity index (χ2v) is 9.70. The van der Waals surface area contributed by atoms with E-state index in [0.717, 1.165) is 10.7 Å². The van der Waals surface area contributed by atoms with Crippen LogP contribution in [0.4, 0.5) is 0 Å². The molecule has 0 radical (unpaired) electrons. The van der Waals surface area contributed by atoms with E-state index in [1.54, 1.807) is 11.3 Å². The minimum atomic E-state index is -2.88. The predicted octanol–water partition coefficient (Wildman–Crippen LogP) is 0.750. The topological polar surface area (TPSA) is 71.8 Å². The smallest absolute Gasteiger partial charge is 0.228 e. The van der Waals surface area contributed by atoms with Gasteiger partial charge in [-0.15, -0.1) is 11.3 Å². The fraction of sp³-hybridized carbons (Fsp3) is 0.571. The van der Waals surface area contributed by atoms with Gasteiger partial charge < -0.3 is 4.90 Å². The van der Waals surface area contributed by atoms with E-state index in [1.165, 1.54) is 4.88 Å². The molecule has 6 nitrogen and oxygen atoms in total. The molecule has 0 aromatic carbocycles. The summed E-state index contributed by atoms with van der Waals surface area (Å²) in [6.45, 7) is 3.18. The lowest BCUT2D eigenvalue weighted by molar-refractivity contribution is -0.129. The van der Waals surface area contributed by atoms with Crippen molar-refractivity contribution in [2.24, 2.45) is 11.8 Å². The third kappa shape index (κ3) is 2.44. The Morgan fingerprint density at radius 3 is 2.64 bits per heavy atom. The molecule has 0 spiro atoms. The zero-order valence-corrected chi connectivity index (χ0v) is 13.9. The number of carbonyl (C=O) groups excluding carboxylic acids is 1. The summed E-state index contributed by atoms with van der Waals surface area (Å²) >= 11 is 1.61. The van der Waals surface area contributed by atoms with E-state index < -0.39 is 9.84 Å². The number of amides is 1. The first-order chi connectivity index (χ1) is 10.4. The second kappa shape index (κ2) is 4.79. The Balaban J connectivity index is 1.44. The largest absolute Gasteiger partial charge is 0.342 e. The molecular weight excluding hydrogens is 322 g/mol. The van der Waals surface area contributed by atoms with Gasteiger partial charge in [-0.25, -0.2) is 13.4 Å². The maximum atomic E-state index is 12.4. The van der Waals surface area contributed by atoms with Crippen molar-refractivity contribution in [3.05, 3.63) is 23.0 Å². The molecule has 1 amide bonds. The Morgan fingerprint density at radius 1 is 1.32 bits per heavy atom. The fourth-order valence-electron chi connectivity index (χ4n) is 3.55. The Morgan fingerprint density at radius 2 is 2.00 bits per heavy atom. The molecule has 0 bridgehead atoms. The molecule has 22 heavy (non-hydrogen) atoms.